The number of carboxylic acids is 1. The van der Waals surface area contributed by atoms with Gasteiger partial charge in [-0.1, -0.05) is 6.07 Å². The maximum atomic E-state index is 10.6. The average Bonchev–Trinajstić information content (AvgIpc) is 2.30. The van der Waals surface area contributed by atoms with Crippen LogP contribution in [0, 0.1) is 6.92 Å². The van der Waals surface area contributed by atoms with Gasteiger partial charge in [-0.3, -0.25) is 9.69 Å². The molecule has 2 rings (SSSR count). The quantitative estimate of drug-likeness (QED) is 0.926. The molecule has 1 N–H and O–H groups in total. The molecule has 1 aromatic rings. The van der Waals surface area contributed by atoms with Crippen LogP contribution in [0.15, 0.2) is 22.7 Å². The lowest BCUT2D eigenvalue weighted by molar-refractivity contribution is -0.138. The minimum absolute atomic E-state index is 0.142. The van der Waals surface area contributed by atoms with Crippen LogP contribution in [0.4, 0.5) is 5.69 Å². The van der Waals surface area contributed by atoms with Crippen molar-refractivity contribution in [1.29, 1.82) is 0 Å². The van der Waals surface area contributed by atoms with Gasteiger partial charge in [-0.2, -0.15) is 0 Å². The van der Waals surface area contributed by atoms with Crippen LogP contribution in [0.5, 0.6) is 0 Å². The zero-order valence-electron chi connectivity index (χ0n) is 10.4. The van der Waals surface area contributed by atoms with E-state index in [0.29, 0.717) is 0 Å². The first-order chi connectivity index (χ1) is 8.56. The van der Waals surface area contributed by atoms with Crippen LogP contribution >= 0.6 is 15.9 Å². The normalized spacial score (nSPS) is 16.9. The molecule has 0 atom stereocenters. The Balaban J connectivity index is 1.99. The van der Waals surface area contributed by atoms with E-state index in [2.05, 4.69) is 46.0 Å². The lowest BCUT2D eigenvalue weighted by Crippen LogP contribution is -2.48. The number of aryl methyl sites for hydroxylation is 1. The smallest absolute Gasteiger partial charge is 0.317 e. The SMILES string of the molecule is Cc1ccc(N2CCN(CC(=O)O)CC2)c(Br)c1. The van der Waals surface area contributed by atoms with E-state index in [1.807, 2.05) is 4.90 Å². The fourth-order valence-electron chi connectivity index (χ4n) is 2.21. The van der Waals surface area contributed by atoms with Crippen LogP contribution in [0.2, 0.25) is 0 Å². The highest BCUT2D eigenvalue weighted by molar-refractivity contribution is 9.10. The second-order valence-corrected chi connectivity index (χ2v) is 5.47. The lowest BCUT2D eigenvalue weighted by Gasteiger charge is -2.35. The van der Waals surface area contributed by atoms with Crippen molar-refractivity contribution in [2.24, 2.45) is 0 Å². The standard InChI is InChI=1S/C13H17BrN2O2/c1-10-2-3-12(11(14)8-10)16-6-4-15(5-7-16)9-13(17)18/h2-3,8H,4-7,9H2,1H3,(H,17,18). The van der Waals surface area contributed by atoms with E-state index in [1.54, 1.807) is 0 Å². The molecule has 5 heteroatoms. The summed E-state index contributed by atoms with van der Waals surface area (Å²) in [7, 11) is 0. The number of benzene rings is 1. The molecule has 1 fully saturated rings. The Morgan fingerprint density at radius 2 is 2.00 bits per heavy atom. The van der Waals surface area contributed by atoms with Crippen molar-refractivity contribution in [3.63, 3.8) is 0 Å². The Hall–Kier alpha value is -1.07. The number of aliphatic carboxylic acids is 1. The third-order valence-corrected chi connectivity index (χ3v) is 3.81. The van der Waals surface area contributed by atoms with Gasteiger partial charge in [-0.15, -0.1) is 0 Å². The predicted octanol–water partition coefficient (Wildman–Crippen LogP) is 1.96. The summed E-state index contributed by atoms with van der Waals surface area (Å²) in [6.45, 7) is 5.55. The molecule has 0 unspecified atom stereocenters. The molecule has 4 nitrogen and oxygen atoms in total. The van der Waals surface area contributed by atoms with Crippen LogP contribution < -0.4 is 4.90 Å². The van der Waals surface area contributed by atoms with E-state index in [9.17, 15) is 4.79 Å². The summed E-state index contributed by atoms with van der Waals surface area (Å²) >= 11 is 3.59. The second-order valence-electron chi connectivity index (χ2n) is 4.61. The molecule has 1 saturated heterocycles. The van der Waals surface area contributed by atoms with Gasteiger partial charge >= 0.3 is 5.97 Å². The summed E-state index contributed by atoms with van der Waals surface area (Å²) < 4.78 is 1.11. The van der Waals surface area contributed by atoms with Crippen LogP contribution in [-0.2, 0) is 4.79 Å². The summed E-state index contributed by atoms with van der Waals surface area (Å²) in [4.78, 5) is 14.9. The molecule has 0 aromatic heterocycles. The van der Waals surface area contributed by atoms with E-state index in [0.717, 1.165) is 30.7 Å². The van der Waals surface area contributed by atoms with Crippen molar-refractivity contribution >= 4 is 27.6 Å². The maximum Gasteiger partial charge on any atom is 0.317 e. The first-order valence-electron chi connectivity index (χ1n) is 6.01. The summed E-state index contributed by atoms with van der Waals surface area (Å²) in [5, 5.41) is 8.76. The molecule has 18 heavy (non-hydrogen) atoms. The largest absolute Gasteiger partial charge is 0.480 e. The number of carbonyl (C=O) groups is 1. The highest BCUT2D eigenvalue weighted by Gasteiger charge is 2.19. The molecule has 1 aliphatic rings. The van der Waals surface area contributed by atoms with Gasteiger partial charge in [0.05, 0.1) is 12.2 Å². The van der Waals surface area contributed by atoms with E-state index >= 15 is 0 Å². The zero-order chi connectivity index (χ0) is 13.1. The number of hydrogen-bond acceptors (Lipinski definition) is 3. The van der Waals surface area contributed by atoms with Crippen molar-refractivity contribution in [1.82, 2.24) is 4.90 Å². The first kappa shape index (κ1) is 13.4. The lowest BCUT2D eigenvalue weighted by atomic mass is 10.2. The first-order valence-corrected chi connectivity index (χ1v) is 6.81. The Labute approximate surface area is 115 Å². The van der Waals surface area contributed by atoms with Crippen molar-refractivity contribution in [3.8, 4) is 0 Å². The second kappa shape index (κ2) is 5.71. The molecular weight excluding hydrogens is 296 g/mol. The monoisotopic (exact) mass is 312 g/mol. The van der Waals surface area contributed by atoms with Crippen LogP contribution in [0.3, 0.4) is 0 Å². The molecule has 0 radical (unpaired) electrons. The van der Waals surface area contributed by atoms with E-state index in [-0.39, 0.29) is 6.54 Å². The van der Waals surface area contributed by atoms with Gasteiger partial charge in [-0.25, -0.2) is 0 Å². The number of rotatable bonds is 3. The van der Waals surface area contributed by atoms with Gasteiger partial charge in [-0.05, 0) is 40.5 Å². The Morgan fingerprint density at radius 1 is 1.33 bits per heavy atom. The van der Waals surface area contributed by atoms with Gasteiger partial charge in [0.2, 0.25) is 0 Å². The van der Waals surface area contributed by atoms with Gasteiger partial charge in [0.1, 0.15) is 0 Å². The number of halogens is 1. The molecule has 1 heterocycles. The number of carboxylic acid groups (broad SMARTS) is 1. The number of piperazine rings is 1. The van der Waals surface area contributed by atoms with Gasteiger partial charge < -0.3 is 10.0 Å². The fraction of sp³-hybridized carbons (Fsp3) is 0.462. The van der Waals surface area contributed by atoms with Crippen LogP contribution in [-0.4, -0.2) is 48.7 Å². The fourth-order valence-corrected chi connectivity index (χ4v) is 2.95. The zero-order valence-corrected chi connectivity index (χ0v) is 12.0. The van der Waals surface area contributed by atoms with Crippen LogP contribution in [0.1, 0.15) is 5.56 Å². The highest BCUT2D eigenvalue weighted by atomic mass is 79.9. The van der Waals surface area contributed by atoms with Crippen LogP contribution in [0.25, 0.3) is 0 Å². The highest BCUT2D eigenvalue weighted by Crippen LogP contribution is 2.27. The van der Waals surface area contributed by atoms with Crippen molar-refractivity contribution in [3.05, 3.63) is 28.2 Å². The molecule has 0 spiro atoms. The molecule has 0 saturated carbocycles. The average molecular weight is 313 g/mol. The van der Waals surface area contributed by atoms with Gasteiger partial charge in [0.25, 0.3) is 0 Å². The van der Waals surface area contributed by atoms with E-state index in [1.165, 1.54) is 11.3 Å². The maximum absolute atomic E-state index is 10.6. The van der Waals surface area contributed by atoms with Crippen molar-refractivity contribution in [2.75, 3.05) is 37.6 Å². The molecule has 0 aliphatic carbocycles. The summed E-state index contributed by atoms with van der Waals surface area (Å²) in [5.41, 5.74) is 2.42. The minimum Gasteiger partial charge on any atom is -0.480 e. The number of anilines is 1. The minimum atomic E-state index is -0.750. The van der Waals surface area contributed by atoms with Gasteiger partial charge in [0, 0.05) is 30.7 Å². The number of nitrogens with zero attached hydrogens (tertiary/aromatic N) is 2. The Bertz CT molecular complexity index is 443. The summed E-state index contributed by atoms with van der Waals surface area (Å²) in [6, 6.07) is 6.33. The third kappa shape index (κ3) is 3.23. The summed E-state index contributed by atoms with van der Waals surface area (Å²) in [5.74, 6) is -0.750. The summed E-state index contributed by atoms with van der Waals surface area (Å²) in [6.07, 6.45) is 0. The molecule has 0 bridgehead atoms. The molecule has 98 valence electrons. The Morgan fingerprint density at radius 3 is 2.56 bits per heavy atom. The van der Waals surface area contributed by atoms with Crippen molar-refractivity contribution in [2.45, 2.75) is 6.92 Å². The van der Waals surface area contributed by atoms with E-state index < -0.39 is 5.97 Å². The van der Waals surface area contributed by atoms with Crippen molar-refractivity contribution < 1.29 is 9.90 Å². The molecule has 1 aromatic carbocycles. The van der Waals surface area contributed by atoms with Gasteiger partial charge in [0.15, 0.2) is 0 Å². The topological polar surface area (TPSA) is 43.8 Å². The third-order valence-electron chi connectivity index (χ3n) is 3.18. The molecular formula is C13H17BrN2O2. The van der Waals surface area contributed by atoms with E-state index in [4.69, 9.17) is 5.11 Å². The molecule has 1 aliphatic heterocycles. The Kier molecular flexibility index (Phi) is 4.24. The number of hydrogen-bond donors (Lipinski definition) is 1. The predicted molar refractivity (Wildman–Crippen MR) is 75.2 cm³/mol. The molecule has 0 amide bonds.